The molecule has 4 aliphatic heterocycles. The van der Waals surface area contributed by atoms with Gasteiger partial charge in [0.2, 0.25) is 0 Å². The third-order valence-corrected chi connectivity index (χ3v) is 12.3. The Hall–Kier alpha value is -3.86. The average Bonchev–Trinajstić information content (AvgIpc) is 3.81. The van der Waals surface area contributed by atoms with Gasteiger partial charge in [-0.1, -0.05) is 35.8 Å². The molecular formula is C41H43F2N5. The van der Waals surface area contributed by atoms with Gasteiger partial charge < -0.3 is 9.80 Å². The van der Waals surface area contributed by atoms with Gasteiger partial charge in [0.05, 0.1) is 10.9 Å². The Morgan fingerprint density at radius 2 is 1.75 bits per heavy atom. The molecule has 246 valence electrons. The smallest absolute Gasteiger partial charge is 0.157 e. The lowest BCUT2D eigenvalue weighted by molar-refractivity contribution is 0.181. The van der Waals surface area contributed by atoms with Crippen molar-refractivity contribution in [1.82, 2.24) is 19.8 Å². The molecule has 0 spiro atoms. The number of anilines is 1. The molecular weight excluding hydrogens is 600 g/mol. The van der Waals surface area contributed by atoms with Gasteiger partial charge in [-0.15, -0.1) is 6.42 Å². The quantitative estimate of drug-likeness (QED) is 0.207. The van der Waals surface area contributed by atoms with Crippen LogP contribution in [0.5, 0.6) is 0 Å². The van der Waals surface area contributed by atoms with Crippen molar-refractivity contribution in [2.75, 3.05) is 38.1 Å². The molecule has 48 heavy (non-hydrogen) atoms. The van der Waals surface area contributed by atoms with Crippen molar-refractivity contribution >= 4 is 33.6 Å². The number of halogens is 2. The molecule has 1 aromatic heterocycles. The number of nitrogens with zero attached hydrogens (tertiary/aromatic N) is 5. The van der Waals surface area contributed by atoms with Gasteiger partial charge in [0.1, 0.15) is 23.0 Å². The van der Waals surface area contributed by atoms with Crippen LogP contribution in [0.15, 0.2) is 29.8 Å². The van der Waals surface area contributed by atoms with Crippen molar-refractivity contribution in [2.24, 2.45) is 0 Å². The third kappa shape index (κ3) is 4.48. The molecule has 5 nitrogen and oxygen atoms in total. The molecule has 2 unspecified atom stereocenters. The van der Waals surface area contributed by atoms with Gasteiger partial charge >= 0.3 is 0 Å². The number of rotatable bonds is 5. The molecule has 1 aliphatic carbocycles. The number of hydrogen-bond acceptors (Lipinski definition) is 5. The fourth-order valence-electron chi connectivity index (χ4n) is 10.3. The fourth-order valence-corrected chi connectivity index (χ4v) is 10.3. The van der Waals surface area contributed by atoms with E-state index in [9.17, 15) is 0 Å². The van der Waals surface area contributed by atoms with Gasteiger partial charge in [-0.2, -0.15) is 0 Å². The predicted octanol–water partition coefficient (Wildman–Crippen LogP) is 7.82. The highest BCUT2D eigenvalue weighted by molar-refractivity contribution is 6.08. The first kappa shape index (κ1) is 30.2. The summed E-state index contributed by atoms with van der Waals surface area (Å²) in [5, 5.41) is 2.22. The summed E-state index contributed by atoms with van der Waals surface area (Å²) in [6.45, 7) is 8.41. The highest BCUT2D eigenvalue weighted by atomic mass is 19.1. The molecule has 5 heterocycles. The zero-order valence-electron chi connectivity index (χ0n) is 28.3. The molecule has 0 radical (unpaired) electrons. The van der Waals surface area contributed by atoms with Gasteiger partial charge in [0.25, 0.3) is 0 Å². The van der Waals surface area contributed by atoms with E-state index in [4.69, 9.17) is 16.4 Å². The zero-order valence-corrected chi connectivity index (χ0v) is 28.3. The number of terminal acetylenes is 1. The Bertz CT molecular complexity index is 2070. The second kappa shape index (κ2) is 11.1. The summed E-state index contributed by atoms with van der Waals surface area (Å²) in [4.78, 5) is 18.2. The second-order valence-corrected chi connectivity index (χ2v) is 15.3. The van der Waals surface area contributed by atoms with Gasteiger partial charge in [-0.25, -0.2) is 18.7 Å². The maximum Gasteiger partial charge on any atom is 0.157 e. The molecule has 2 atom stereocenters. The predicted molar refractivity (Wildman–Crippen MR) is 190 cm³/mol. The third-order valence-electron chi connectivity index (χ3n) is 12.3. The summed E-state index contributed by atoms with van der Waals surface area (Å²) in [6, 6.07) is 7.81. The highest BCUT2D eigenvalue weighted by Crippen LogP contribution is 2.48. The monoisotopic (exact) mass is 643 g/mol. The lowest BCUT2D eigenvalue weighted by Crippen LogP contribution is -2.53. The van der Waals surface area contributed by atoms with Crippen LogP contribution < -0.4 is 4.90 Å². The summed E-state index contributed by atoms with van der Waals surface area (Å²) in [7, 11) is 2.20. The van der Waals surface area contributed by atoms with Crippen LogP contribution in [0.2, 0.25) is 0 Å². The Morgan fingerprint density at radius 3 is 2.48 bits per heavy atom. The van der Waals surface area contributed by atoms with Crippen LogP contribution in [0.3, 0.4) is 0 Å². The molecule has 4 saturated heterocycles. The molecule has 3 aromatic carbocycles. The fraction of sp³-hybridized carbons (Fsp3) is 0.463. The summed E-state index contributed by atoms with van der Waals surface area (Å²) in [6.07, 6.45) is 17.6. The minimum absolute atomic E-state index is 0.174. The Morgan fingerprint density at radius 1 is 1.00 bits per heavy atom. The standard InChI is InChI=1S/C41H43F2N5/c1-5-29-33(42)11-8-26-18-24(2)21-32(35(26)29)36-30-19-25(3)20-31(30)37-39(38(36)43)44-34(12-15-41-13-6-16-47(41)17-7-14-41)45-40(37)48-27-9-10-28(48)23-46(4)22-27/h1,8,11,18,20-21,27-28H,6-7,9-10,12-17,19,22-23H2,2-4H3. The molecule has 2 bridgehead atoms. The molecule has 0 amide bonds. The molecule has 0 saturated carbocycles. The number of hydrogen-bond donors (Lipinski definition) is 0. The summed E-state index contributed by atoms with van der Waals surface area (Å²) in [5.74, 6) is 3.41. The van der Waals surface area contributed by atoms with Crippen LogP contribution in [0.25, 0.3) is 38.9 Å². The molecule has 9 rings (SSSR count). The zero-order chi connectivity index (χ0) is 32.9. The number of piperazine rings is 1. The van der Waals surface area contributed by atoms with Gasteiger partial charge in [-0.05, 0) is 119 Å². The van der Waals surface area contributed by atoms with Crippen molar-refractivity contribution in [2.45, 2.75) is 89.3 Å². The average molecular weight is 644 g/mol. The minimum atomic E-state index is -0.466. The number of aryl methyl sites for hydroxylation is 2. The Balaban J connectivity index is 1.31. The van der Waals surface area contributed by atoms with E-state index < -0.39 is 5.82 Å². The van der Waals surface area contributed by atoms with E-state index in [0.717, 1.165) is 83.5 Å². The van der Waals surface area contributed by atoms with Crippen LogP contribution >= 0.6 is 0 Å². The number of allylic oxidation sites excluding steroid dienone is 1. The lowest BCUT2D eigenvalue weighted by Gasteiger charge is -2.41. The number of fused-ring (bicyclic) bond motifs is 7. The van der Waals surface area contributed by atoms with Crippen LogP contribution in [0.4, 0.5) is 14.6 Å². The van der Waals surface area contributed by atoms with E-state index >= 15 is 8.78 Å². The van der Waals surface area contributed by atoms with E-state index in [1.165, 1.54) is 44.8 Å². The first-order chi connectivity index (χ1) is 23.2. The van der Waals surface area contributed by atoms with Crippen LogP contribution in [-0.4, -0.2) is 70.6 Å². The van der Waals surface area contributed by atoms with E-state index in [2.05, 4.69) is 40.7 Å². The largest absolute Gasteiger partial charge is 0.347 e. The van der Waals surface area contributed by atoms with E-state index in [1.54, 1.807) is 6.07 Å². The topological polar surface area (TPSA) is 35.5 Å². The van der Waals surface area contributed by atoms with Crippen molar-refractivity contribution in [3.8, 4) is 23.5 Å². The van der Waals surface area contributed by atoms with Gasteiger partial charge in [0.15, 0.2) is 5.82 Å². The van der Waals surface area contributed by atoms with E-state index in [0.29, 0.717) is 40.5 Å². The summed E-state index contributed by atoms with van der Waals surface area (Å²) >= 11 is 0. The van der Waals surface area contributed by atoms with Crippen LogP contribution in [0, 0.1) is 30.9 Å². The van der Waals surface area contributed by atoms with Crippen molar-refractivity contribution in [3.05, 3.63) is 69.6 Å². The van der Waals surface area contributed by atoms with E-state index in [-0.39, 0.29) is 16.9 Å². The lowest BCUT2D eigenvalue weighted by atomic mass is 9.86. The van der Waals surface area contributed by atoms with Crippen molar-refractivity contribution in [1.29, 1.82) is 0 Å². The normalized spacial score (nSPS) is 23.2. The number of likely N-dealkylation sites (tertiary alicyclic amines) is 1. The first-order valence-corrected chi connectivity index (χ1v) is 17.9. The molecule has 0 N–H and O–H groups in total. The number of benzene rings is 3. The SMILES string of the molecule is C#Cc1c(F)ccc2cc(C)cc(-c3c4c(c5c(N6C7CCC6CN(C)C7)nc(CCC67CCCN6CCC7)nc5c3F)C=C(C)C4)c12. The first-order valence-electron chi connectivity index (χ1n) is 17.9. The Kier molecular flexibility index (Phi) is 6.98. The molecule has 4 fully saturated rings. The maximum atomic E-state index is 17.8. The molecule has 4 aromatic rings. The molecule has 7 heteroatoms. The van der Waals surface area contributed by atoms with Crippen molar-refractivity contribution < 1.29 is 8.78 Å². The van der Waals surface area contributed by atoms with Gasteiger partial charge in [0, 0.05) is 48.1 Å². The van der Waals surface area contributed by atoms with E-state index in [1.807, 2.05) is 19.1 Å². The Labute approximate surface area is 282 Å². The second-order valence-electron chi connectivity index (χ2n) is 15.3. The van der Waals surface area contributed by atoms with Crippen molar-refractivity contribution in [3.63, 3.8) is 0 Å². The number of likely N-dealkylation sites (N-methyl/N-ethyl adjacent to an activating group) is 1. The maximum absolute atomic E-state index is 17.8. The minimum Gasteiger partial charge on any atom is -0.347 e. The van der Waals surface area contributed by atoms with Crippen LogP contribution in [-0.2, 0) is 12.8 Å². The number of aromatic nitrogens is 2. The molecule has 5 aliphatic rings. The van der Waals surface area contributed by atoms with Crippen LogP contribution in [0.1, 0.15) is 79.9 Å². The summed E-state index contributed by atoms with van der Waals surface area (Å²) in [5.41, 5.74) is 5.98. The highest BCUT2D eigenvalue weighted by Gasteiger charge is 2.45. The summed E-state index contributed by atoms with van der Waals surface area (Å²) < 4.78 is 33.0. The van der Waals surface area contributed by atoms with Gasteiger partial charge in [-0.3, -0.25) is 4.90 Å².